The summed E-state index contributed by atoms with van der Waals surface area (Å²) in [5.41, 5.74) is 2.20. The van der Waals surface area contributed by atoms with Crippen LogP contribution < -0.4 is 9.80 Å². The first-order valence-corrected chi connectivity index (χ1v) is 9.66. The number of hydrogen-bond donors (Lipinski definition) is 0. The van der Waals surface area contributed by atoms with Gasteiger partial charge in [0, 0.05) is 30.5 Å². The number of rotatable bonds is 3. The van der Waals surface area contributed by atoms with Crippen molar-refractivity contribution in [3.05, 3.63) is 24.3 Å². The molecule has 25 heavy (non-hydrogen) atoms. The Balaban J connectivity index is 1.54. The zero-order valence-corrected chi connectivity index (χ0v) is 15.5. The second-order valence-corrected chi connectivity index (χ2v) is 7.46. The maximum atomic E-state index is 12.8. The second-order valence-electron chi connectivity index (χ2n) is 7.09. The highest BCUT2D eigenvalue weighted by Gasteiger charge is 2.44. The van der Waals surface area contributed by atoms with E-state index in [2.05, 4.69) is 29.2 Å². The maximum absolute atomic E-state index is 12.8. The predicted octanol–water partition coefficient (Wildman–Crippen LogP) is 2.79. The number of morpholine rings is 1. The maximum Gasteiger partial charge on any atom is 0.251 e. The zero-order chi connectivity index (χ0) is 17.4. The van der Waals surface area contributed by atoms with Gasteiger partial charge < -0.3 is 14.5 Å². The highest BCUT2D eigenvalue weighted by atomic mass is 32.1. The van der Waals surface area contributed by atoms with Gasteiger partial charge in [-0.2, -0.15) is 0 Å². The van der Waals surface area contributed by atoms with Crippen molar-refractivity contribution in [1.29, 1.82) is 0 Å². The number of thiocarbonyl (C=S) groups is 1. The van der Waals surface area contributed by atoms with Crippen LogP contribution in [0, 0.1) is 0 Å². The molecule has 0 N–H and O–H groups in total. The lowest BCUT2D eigenvalue weighted by molar-refractivity contribution is -0.127. The molecule has 2 saturated heterocycles. The molecule has 0 radical (unpaired) electrons. The number of hydrogen-bond acceptors (Lipinski definition) is 4. The van der Waals surface area contributed by atoms with Crippen LogP contribution in [0.3, 0.4) is 0 Å². The molecule has 0 bridgehead atoms. The van der Waals surface area contributed by atoms with E-state index in [9.17, 15) is 4.79 Å². The van der Waals surface area contributed by atoms with E-state index in [-0.39, 0.29) is 11.9 Å². The molecule has 1 saturated carbocycles. The van der Waals surface area contributed by atoms with E-state index in [1.165, 1.54) is 18.5 Å². The summed E-state index contributed by atoms with van der Waals surface area (Å²) in [5.74, 6) is 0.147. The van der Waals surface area contributed by atoms with Crippen LogP contribution in [0.2, 0.25) is 0 Å². The molecule has 1 aromatic rings. The van der Waals surface area contributed by atoms with Gasteiger partial charge in [0.15, 0.2) is 5.11 Å². The smallest absolute Gasteiger partial charge is 0.251 e. The second kappa shape index (κ2) is 6.92. The normalized spacial score (nSPS) is 25.3. The molecule has 134 valence electrons. The molecule has 0 spiro atoms. The SMILES string of the molecule is CC1C(=O)N(C2CCCC2)C(=S)N1c1ccc(N2CCOCC2)cc1. The Morgan fingerprint density at radius 2 is 1.60 bits per heavy atom. The lowest BCUT2D eigenvalue weighted by Crippen LogP contribution is -2.39. The summed E-state index contributed by atoms with van der Waals surface area (Å²) in [6.07, 6.45) is 4.53. The number of ether oxygens (including phenoxy) is 1. The molecule has 2 heterocycles. The molecule has 3 aliphatic rings. The molecule has 4 rings (SSSR count). The molecule has 1 atom stereocenters. The fraction of sp³-hybridized carbons (Fsp3) is 0.579. The van der Waals surface area contributed by atoms with Gasteiger partial charge in [0.25, 0.3) is 5.91 Å². The molecule has 3 fully saturated rings. The Hall–Kier alpha value is -1.66. The third kappa shape index (κ3) is 3.02. The van der Waals surface area contributed by atoms with Gasteiger partial charge in [-0.1, -0.05) is 12.8 Å². The molecule has 6 heteroatoms. The van der Waals surface area contributed by atoms with E-state index in [0.717, 1.165) is 44.8 Å². The van der Waals surface area contributed by atoms with Gasteiger partial charge in [-0.3, -0.25) is 9.69 Å². The summed E-state index contributed by atoms with van der Waals surface area (Å²) in [6, 6.07) is 8.48. The van der Waals surface area contributed by atoms with Gasteiger partial charge in [0.05, 0.1) is 13.2 Å². The molecule has 1 unspecified atom stereocenters. The van der Waals surface area contributed by atoms with E-state index < -0.39 is 0 Å². The van der Waals surface area contributed by atoms with Gasteiger partial charge in [0.1, 0.15) is 6.04 Å². The minimum atomic E-state index is -0.220. The zero-order valence-electron chi connectivity index (χ0n) is 14.7. The average Bonchev–Trinajstić information content (AvgIpc) is 3.24. The first-order chi connectivity index (χ1) is 12.2. The molecule has 5 nitrogen and oxygen atoms in total. The first kappa shape index (κ1) is 16.8. The fourth-order valence-corrected chi connectivity index (χ4v) is 4.67. The summed E-state index contributed by atoms with van der Waals surface area (Å²) in [5, 5.41) is 0.670. The lowest BCUT2D eigenvalue weighted by Gasteiger charge is -2.30. The van der Waals surface area contributed by atoms with Gasteiger partial charge >= 0.3 is 0 Å². The van der Waals surface area contributed by atoms with Gasteiger partial charge in [-0.05, 0) is 56.2 Å². The highest BCUT2D eigenvalue weighted by molar-refractivity contribution is 7.80. The number of benzene rings is 1. The Morgan fingerprint density at radius 1 is 1.00 bits per heavy atom. The van der Waals surface area contributed by atoms with Crippen LogP contribution in [0.1, 0.15) is 32.6 Å². The molecule has 1 aliphatic carbocycles. The van der Waals surface area contributed by atoms with E-state index in [1.54, 1.807) is 0 Å². The third-order valence-electron chi connectivity index (χ3n) is 5.59. The highest BCUT2D eigenvalue weighted by Crippen LogP contribution is 2.33. The van der Waals surface area contributed by atoms with Crippen molar-refractivity contribution >= 4 is 34.6 Å². The predicted molar refractivity (Wildman–Crippen MR) is 103 cm³/mol. The van der Waals surface area contributed by atoms with Crippen molar-refractivity contribution in [2.24, 2.45) is 0 Å². The molecule has 0 aromatic heterocycles. The van der Waals surface area contributed by atoms with E-state index >= 15 is 0 Å². The average molecular weight is 359 g/mol. The number of carbonyl (C=O) groups is 1. The standard InChI is InChI=1S/C19H25N3O2S/c1-14-18(23)22(16-4-2-3-5-16)19(25)21(14)17-8-6-15(7-9-17)20-10-12-24-13-11-20/h6-9,14,16H,2-5,10-13H2,1H3. The molecule has 1 amide bonds. The minimum Gasteiger partial charge on any atom is -0.378 e. The van der Waals surface area contributed by atoms with Crippen LogP contribution in [0.25, 0.3) is 0 Å². The van der Waals surface area contributed by atoms with Crippen molar-refractivity contribution in [2.45, 2.75) is 44.7 Å². The quantitative estimate of drug-likeness (QED) is 0.776. The number of anilines is 2. The summed E-state index contributed by atoms with van der Waals surface area (Å²) < 4.78 is 5.42. The van der Waals surface area contributed by atoms with Crippen LogP contribution in [-0.2, 0) is 9.53 Å². The van der Waals surface area contributed by atoms with Crippen molar-refractivity contribution < 1.29 is 9.53 Å². The summed E-state index contributed by atoms with van der Waals surface area (Å²) in [6.45, 7) is 5.36. The van der Waals surface area contributed by atoms with Crippen molar-refractivity contribution in [2.75, 3.05) is 36.1 Å². The Bertz CT molecular complexity index is 651. The Labute approximate surface area is 154 Å². The molecular weight excluding hydrogens is 334 g/mol. The summed E-state index contributed by atoms with van der Waals surface area (Å²) in [7, 11) is 0. The van der Waals surface area contributed by atoms with Crippen LogP contribution in [0.4, 0.5) is 11.4 Å². The number of nitrogens with zero attached hydrogens (tertiary/aromatic N) is 3. The van der Waals surface area contributed by atoms with E-state index in [4.69, 9.17) is 17.0 Å². The monoisotopic (exact) mass is 359 g/mol. The lowest BCUT2D eigenvalue weighted by atomic mass is 10.2. The van der Waals surface area contributed by atoms with Crippen LogP contribution in [-0.4, -0.2) is 54.3 Å². The van der Waals surface area contributed by atoms with Gasteiger partial charge in [0.2, 0.25) is 0 Å². The van der Waals surface area contributed by atoms with Crippen molar-refractivity contribution in [1.82, 2.24) is 4.90 Å². The largest absolute Gasteiger partial charge is 0.378 e. The number of carbonyl (C=O) groups excluding carboxylic acids is 1. The topological polar surface area (TPSA) is 36.0 Å². The van der Waals surface area contributed by atoms with E-state index in [1.807, 2.05) is 16.7 Å². The molecule has 1 aromatic carbocycles. The summed E-state index contributed by atoms with van der Waals surface area (Å²) in [4.78, 5) is 19.0. The van der Waals surface area contributed by atoms with Crippen molar-refractivity contribution in [3.63, 3.8) is 0 Å². The van der Waals surface area contributed by atoms with Crippen LogP contribution in [0.15, 0.2) is 24.3 Å². The third-order valence-corrected chi connectivity index (χ3v) is 5.98. The number of amides is 1. The summed E-state index contributed by atoms with van der Waals surface area (Å²) >= 11 is 5.70. The Morgan fingerprint density at radius 3 is 2.24 bits per heavy atom. The van der Waals surface area contributed by atoms with Crippen LogP contribution >= 0.6 is 12.2 Å². The van der Waals surface area contributed by atoms with Crippen molar-refractivity contribution in [3.8, 4) is 0 Å². The Kier molecular flexibility index (Phi) is 4.65. The van der Waals surface area contributed by atoms with Gasteiger partial charge in [-0.25, -0.2) is 0 Å². The molecular formula is C19H25N3O2S. The molecule has 2 aliphatic heterocycles. The minimum absolute atomic E-state index is 0.147. The first-order valence-electron chi connectivity index (χ1n) is 9.26. The van der Waals surface area contributed by atoms with Gasteiger partial charge in [-0.15, -0.1) is 0 Å². The van der Waals surface area contributed by atoms with E-state index in [0.29, 0.717) is 11.2 Å². The fourth-order valence-electron chi connectivity index (χ4n) is 4.17. The van der Waals surface area contributed by atoms with Crippen LogP contribution in [0.5, 0.6) is 0 Å².